The summed E-state index contributed by atoms with van der Waals surface area (Å²) >= 11 is 4.77. The number of hydrogen-bond acceptors (Lipinski definition) is 8. The highest BCUT2D eigenvalue weighted by Crippen LogP contribution is 2.21. The zero-order chi connectivity index (χ0) is 12.4. The highest BCUT2D eigenvalue weighted by molar-refractivity contribution is 7.71. The average Bonchev–Trinajstić information content (AvgIpc) is 3.02. The van der Waals surface area contributed by atoms with Crippen LogP contribution in [-0.2, 0) is 0 Å². The molecule has 0 atom stereocenters. The molecule has 0 radical (unpaired) electrons. The third kappa shape index (κ3) is 2.11. The van der Waals surface area contributed by atoms with Crippen molar-refractivity contribution in [2.24, 2.45) is 0 Å². The molecule has 0 amide bonds. The monoisotopic (exact) mass is 262 g/mol. The molecule has 0 spiro atoms. The number of anilines is 2. The molecule has 0 aromatic carbocycles. The van der Waals surface area contributed by atoms with Gasteiger partial charge in [0.25, 0.3) is 5.89 Å². The van der Waals surface area contributed by atoms with Gasteiger partial charge in [-0.15, -0.1) is 5.10 Å². The van der Waals surface area contributed by atoms with Crippen molar-refractivity contribution in [3.63, 3.8) is 0 Å². The first-order valence-electron chi connectivity index (χ1n) is 4.87. The van der Waals surface area contributed by atoms with Gasteiger partial charge in [-0.3, -0.25) is 5.32 Å². The predicted molar refractivity (Wildman–Crippen MR) is 62.5 cm³/mol. The lowest BCUT2D eigenvalue weighted by molar-refractivity contribution is 0.524. The van der Waals surface area contributed by atoms with Crippen LogP contribution in [0.1, 0.15) is 0 Å². The van der Waals surface area contributed by atoms with Gasteiger partial charge >= 0.3 is 6.01 Å². The number of H-pyrrole nitrogens is 1. The fourth-order valence-corrected chi connectivity index (χ4v) is 1.33. The van der Waals surface area contributed by atoms with Crippen LogP contribution in [0.25, 0.3) is 11.7 Å². The Kier molecular flexibility index (Phi) is 2.57. The molecule has 0 aliphatic rings. The van der Waals surface area contributed by atoms with Gasteiger partial charge in [0.05, 0.1) is 12.5 Å². The Hall–Kier alpha value is -2.55. The summed E-state index contributed by atoms with van der Waals surface area (Å²) in [5.41, 5.74) is 0. The fourth-order valence-electron chi connectivity index (χ4n) is 1.23. The molecule has 0 saturated carbocycles. The lowest BCUT2D eigenvalue weighted by Gasteiger charge is -1.96. The van der Waals surface area contributed by atoms with Crippen LogP contribution in [0.3, 0.4) is 0 Å². The Balaban J connectivity index is 1.82. The van der Waals surface area contributed by atoms with Gasteiger partial charge in [-0.1, -0.05) is 5.10 Å². The number of nitrogens with one attached hydrogen (secondary N) is 2. The van der Waals surface area contributed by atoms with Crippen LogP contribution in [-0.4, -0.2) is 25.4 Å². The first kappa shape index (κ1) is 10.6. The molecular formula is C9H6N6O2S. The van der Waals surface area contributed by atoms with Gasteiger partial charge in [-0.05, 0) is 24.4 Å². The maximum Gasteiger partial charge on any atom is 0.321 e. The van der Waals surface area contributed by atoms with E-state index in [1.807, 2.05) is 0 Å². The summed E-state index contributed by atoms with van der Waals surface area (Å²) < 4.78 is 10.7. The zero-order valence-corrected chi connectivity index (χ0v) is 9.64. The van der Waals surface area contributed by atoms with E-state index in [0.29, 0.717) is 16.3 Å². The second kappa shape index (κ2) is 4.37. The summed E-state index contributed by atoms with van der Waals surface area (Å²) in [4.78, 5) is 3.86. The van der Waals surface area contributed by atoms with Crippen molar-refractivity contribution >= 4 is 24.1 Å². The van der Waals surface area contributed by atoms with Gasteiger partial charge in [0.2, 0.25) is 4.77 Å². The summed E-state index contributed by atoms with van der Waals surface area (Å²) in [7, 11) is 0. The summed E-state index contributed by atoms with van der Waals surface area (Å²) in [6.07, 6.45) is 2.98. The third-order valence-electron chi connectivity index (χ3n) is 1.97. The van der Waals surface area contributed by atoms with E-state index in [1.165, 1.54) is 12.5 Å². The van der Waals surface area contributed by atoms with E-state index in [2.05, 4.69) is 30.7 Å². The summed E-state index contributed by atoms with van der Waals surface area (Å²) in [5, 5.41) is 16.8. The Labute approximate surface area is 105 Å². The van der Waals surface area contributed by atoms with Crippen LogP contribution < -0.4 is 5.32 Å². The molecule has 3 rings (SSSR count). The number of rotatable bonds is 3. The summed E-state index contributed by atoms with van der Waals surface area (Å²) in [5.74, 6) is 1.19. The molecule has 2 N–H and O–H groups in total. The van der Waals surface area contributed by atoms with Gasteiger partial charge in [-0.25, -0.2) is 10.1 Å². The van der Waals surface area contributed by atoms with Crippen molar-refractivity contribution in [3.05, 3.63) is 29.4 Å². The van der Waals surface area contributed by atoms with Crippen LogP contribution in [0.2, 0.25) is 0 Å². The topological polar surface area (TPSA) is 106 Å². The van der Waals surface area contributed by atoms with Crippen molar-refractivity contribution < 1.29 is 8.83 Å². The second-order valence-electron chi connectivity index (χ2n) is 3.19. The van der Waals surface area contributed by atoms with E-state index in [4.69, 9.17) is 21.1 Å². The Morgan fingerprint density at radius 1 is 1.33 bits per heavy atom. The Morgan fingerprint density at radius 3 is 3.00 bits per heavy atom. The smallest absolute Gasteiger partial charge is 0.321 e. The number of aromatic nitrogens is 5. The molecule has 0 bridgehead atoms. The largest absolute Gasteiger partial charge is 0.459 e. The zero-order valence-electron chi connectivity index (χ0n) is 8.82. The molecule has 9 heteroatoms. The van der Waals surface area contributed by atoms with Gasteiger partial charge in [0.1, 0.15) is 0 Å². The molecular weight excluding hydrogens is 256 g/mol. The molecule has 3 aromatic rings. The number of aromatic amines is 1. The lowest BCUT2D eigenvalue weighted by Crippen LogP contribution is -1.96. The van der Waals surface area contributed by atoms with Crippen LogP contribution in [0.4, 0.5) is 11.8 Å². The van der Waals surface area contributed by atoms with Crippen molar-refractivity contribution in [2.45, 2.75) is 0 Å². The predicted octanol–water partition coefficient (Wildman–Crippen LogP) is 1.92. The van der Waals surface area contributed by atoms with E-state index in [0.717, 1.165) is 0 Å². The van der Waals surface area contributed by atoms with E-state index >= 15 is 0 Å². The maximum absolute atomic E-state index is 5.33. The molecule has 0 unspecified atom stereocenters. The quantitative estimate of drug-likeness (QED) is 0.689. The van der Waals surface area contributed by atoms with Crippen molar-refractivity contribution in [1.82, 2.24) is 25.4 Å². The van der Waals surface area contributed by atoms with Crippen molar-refractivity contribution in [2.75, 3.05) is 5.32 Å². The highest BCUT2D eigenvalue weighted by atomic mass is 32.1. The second-order valence-corrected chi connectivity index (χ2v) is 3.57. The van der Waals surface area contributed by atoms with Crippen LogP contribution >= 0.6 is 12.2 Å². The SMILES string of the molecule is S=c1ncc(Nc2nnc(-c3ccco3)o2)n[nH]1. The number of hydrogen-bond donors (Lipinski definition) is 2. The standard InChI is InChI=1S/C9H6N6O2S/c18-9-10-4-6(12-15-9)11-8-14-13-7(17-8)5-2-1-3-16-5/h1-4H,(H,10,15,18)(H,11,12,14). The molecule has 0 aliphatic heterocycles. The minimum absolute atomic E-state index is 0.182. The van der Waals surface area contributed by atoms with Crippen molar-refractivity contribution in [3.8, 4) is 11.7 Å². The molecule has 90 valence electrons. The first-order valence-corrected chi connectivity index (χ1v) is 5.28. The lowest BCUT2D eigenvalue weighted by atomic mass is 10.5. The summed E-state index contributed by atoms with van der Waals surface area (Å²) in [6, 6.07) is 3.63. The minimum Gasteiger partial charge on any atom is -0.459 e. The van der Waals surface area contributed by atoms with E-state index in [1.54, 1.807) is 12.1 Å². The van der Waals surface area contributed by atoms with Gasteiger partial charge < -0.3 is 8.83 Å². The normalized spacial score (nSPS) is 10.4. The number of nitrogens with zero attached hydrogens (tertiary/aromatic N) is 4. The molecule has 3 heterocycles. The molecule has 8 nitrogen and oxygen atoms in total. The third-order valence-corrected chi connectivity index (χ3v) is 2.16. The molecule has 0 saturated heterocycles. The molecule has 0 fully saturated rings. The van der Waals surface area contributed by atoms with Gasteiger partial charge in [0, 0.05) is 0 Å². The fraction of sp³-hybridized carbons (Fsp3) is 0. The minimum atomic E-state index is 0.182. The first-order chi connectivity index (χ1) is 8.81. The molecule has 0 aliphatic carbocycles. The molecule has 18 heavy (non-hydrogen) atoms. The van der Waals surface area contributed by atoms with Crippen LogP contribution in [0.15, 0.2) is 33.4 Å². The number of furan rings is 1. The van der Waals surface area contributed by atoms with E-state index in [-0.39, 0.29) is 11.9 Å². The Bertz CT molecular complexity index is 683. The Morgan fingerprint density at radius 2 is 2.28 bits per heavy atom. The molecule has 3 aromatic heterocycles. The summed E-state index contributed by atoms with van der Waals surface area (Å²) in [6.45, 7) is 0. The van der Waals surface area contributed by atoms with Crippen LogP contribution in [0.5, 0.6) is 0 Å². The van der Waals surface area contributed by atoms with Crippen molar-refractivity contribution in [1.29, 1.82) is 0 Å². The van der Waals surface area contributed by atoms with Crippen LogP contribution in [0, 0.1) is 4.77 Å². The maximum atomic E-state index is 5.33. The van der Waals surface area contributed by atoms with Gasteiger partial charge in [-0.2, -0.15) is 5.10 Å². The van der Waals surface area contributed by atoms with E-state index < -0.39 is 0 Å². The van der Waals surface area contributed by atoms with E-state index in [9.17, 15) is 0 Å². The van der Waals surface area contributed by atoms with Gasteiger partial charge in [0.15, 0.2) is 11.6 Å². The highest BCUT2D eigenvalue weighted by Gasteiger charge is 2.11. The average molecular weight is 262 g/mol.